The summed E-state index contributed by atoms with van der Waals surface area (Å²) in [6, 6.07) is 1.79. The van der Waals surface area contributed by atoms with Crippen molar-refractivity contribution in [2.45, 2.75) is 39.0 Å². The number of nitrogens with zero attached hydrogens (tertiary/aromatic N) is 3. The van der Waals surface area contributed by atoms with Gasteiger partial charge in [-0.2, -0.15) is 0 Å². The van der Waals surface area contributed by atoms with Crippen molar-refractivity contribution in [2.75, 3.05) is 31.5 Å². The highest BCUT2D eigenvalue weighted by Gasteiger charge is 2.08. The van der Waals surface area contributed by atoms with Crippen LogP contribution in [0.3, 0.4) is 0 Å². The number of anilines is 1. The quantitative estimate of drug-likeness (QED) is 0.843. The van der Waals surface area contributed by atoms with Gasteiger partial charge in [0.1, 0.15) is 16.8 Å². The summed E-state index contributed by atoms with van der Waals surface area (Å²) < 4.78 is 0. The molecule has 0 aromatic carbocycles. The van der Waals surface area contributed by atoms with Gasteiger partial charge in [0, 0.05) is 25.6 Å². The fourth-order valence-electron chi connectivity index (χ4n) is 2.42. The lowest BCUT2D eigenvalue weighted by Crippen LogP contribution is -2.30. The van der Waals surface area contributed by atoms with Gasteiger partial charge in [-0.05, 0) is 25.9 Å². The van der Waals surface area contributed by atoms with Gasteiger partial charge in [0.2, 0.25) is 0 Å². The van der Waals surface area contributed by atoms with Gasteiger partial charge in [-0.25, -0.2) is 9.97 Å². The van der Waals surface area contributed by atoms with Gasteiger partial charge in [-0.3, -0.25) is 0 Å². The number of halogens is 1. The second-order valence-electron chi connectivity index (χ2n) is 5.03. The Labute approximate surface area is 120 Å². The molecule has 4 nitrogen and oxygen atoms in total. The van der Waals surface area contributed by atoms with Crippen LogP contribution in [-0.2, 0) is 6.42 Å². The molecule has 0 radical (unpaired) electrons. The van der Waals surface area contributed by atoms with Gasteiger partial charge < -0.3 is 10.2 Å². The van der Waals surface area contributed by atoms with Crippen molar-refractivity contribution in [1.82, 2.24) is 14.9 Å². The summed E-state index contributed by atoms with van der Waals surface area (Å²) in [5, 5.41) is 3.87. The number of likely N-dealkylation sites (tertiary alicyclic amines) is 1. The van der Waals surface area contributed by atoms with Gasteiger partial charge in [0.05, 0.1) is 0 Å². The molecule has 0 spiro atoms. The molecule has 2 heterocycles. The third-order valence-corrected chi connectivity index (χ3v) is 3.68. The summed E-state index contributed by atoms with van der Waals surface area (Å²) in [4.78, 5) is 11.1. The fraction of sp³-hybridized carbons (Fsp3) is 0.714. The largest absolute Gasteiger partial charge is 0.369 e. The maximum absolute atomic E-state index is 5.98. The molecule has 0 saturated carbocycles. The van der Waals surface area contributed by atoms with Crippen LogP contribution in [0, 0.1) is 0 Å². The highest BCUT2D eigenvalue weighted by atomic mass is 35.5. The summed E-state index contributed by atoms with van der Waals surface area (Å²) in [6.07, 6.45) is 6.23. The minimum atomic E-state index is 0.518. The van der Waals surface area contributed by atoms with Crippen LogP contribution < -0.4 is 5.32 Å². The number of rotatable bonds is 5. The summed E-state index contributed by atoms with van der Waals surface area (Å²) in [5.41, 5.74) is 0. The Bertz CT molecular complexity index is 389. The molecule has 1 aromatic heterocycles. The van der Waals surface area contributed by atoms with Crippen LogP contribution in [-0.4, -0.2) is 41.0 Å². The lowest BCUT2D eigenvalue weighted by Gasteiger charge is -2.19. The molecule has 1 saturated heterocycles. The normalized spacial score (nSPS) is 17.2. The highest BCUT2D eigenvalue weighted by molar-refractivity contribution is 6.29. The van der Waals surface area contributed by atoms with Crippen molar-refractivity contribution in [2.24, 2.45) is 0 Å². The smallest absolute Gasteiger partial charge is 0.134 e. The molecule has 0 atom stereocenters. The SMILES string of the molecule is CCc1nc(Cl)cc(NCCN2CCCCCC2)n1. The number of hydrogen-bond donors (Lipinski definition) is 1. The molecular formula is C14H23ClN4. The van der Waals surface area contributed by atoms with Crippen LogP contribution in [0.4, 0.5) is 5.82 Å². The van der Waals surface area contributed by atoms with Crippen molar-refractivity contribution in [3.8, 4) is 0 Å². The first-order valence-electron chi connectivity index (χ1n) is 7.27. The predicted molar refractivity (Wildman–Crippen MR) is 79.8 cm³/mol. The van der Waals surface area contributed by atoms with E-state index in [1.165, 1.54) is 38.8 Å². The van der Waals surface area contributed by atoms with Crippen LogP contribution >= 0.6 is 11.6 Å². The second kappa shape index (κ2) is 7.65. The van der Waals surface area contributed by atoms with E-state index in [0.717, 1.165) is 31.2 Å². The summed E-state index contributed by atoms with van der Waals surface area (Å²) in [6.45, 7) is 6.48. The first kappa shape index (κ1) is 14.5. The standard InChI is InChI=1S/C14H23ClN4/c1-2-13-17-12(15)11-14(18-13)16-7-10-19-8-5-3-4-6-9-19/h11H,2-10H2,1H3,(H,16,17,18). The average molecular weight is 283 g/mol. The molecule has 1 fully saturated rings. The van der Waals surface area contributed by atoms with Crippen molar-refractivity contribution < 1.29 is 0 Å². The van der Waals surface area contributed by atoms with Crippen molar-refractivity contribution in [3.05, 3.63) is 17.0 Å². The van der Waals surface area contributed by atoms with Crippen LogP contribution in [0.15, 0.2) is 6.07 Å². The summed E-state index contributed by atoms with van der Waals surface area (Å²) in [7, 11) is 0. The molecule has 1 aliphatic rings. The lowest BCUT2D eigenvalue weighted by molar-refractivity contribution is 0.296. The molecule has 0 unspecified atom stereocenters. The molecule has 1 aromatic rings. The molecule has 106 valence electrons. The van der Waals surface area contributed by atoms with E-state index in [1.54, 1.807) is 6.07 Å². The fourth-order valence-corrected chi connectivity index (χ4v) is 2.62. The van der Waals surface area contributed by atoms with Crippen LogP contribution in [0.2, 0.25) is 5.15 Å². The molecule has 0 amide bonds. The molecule has 19 heavy (non-hydrogen) atoms. The number of aromatic nitrogens is 2. The van der Waals surface area contributed by atoms with Crippen LogP contribution in [0.5, 0.6) is 0 Å². The maximum atomic E-state index is 5.98. The number of aryl methyl sites for hydroxylation is 1. The minimum absolute atomic E-state index is 0.518. The molecule has 5 heteroatoms. The summed E-state index contributed by atoms with van der Waals surface area (Å²) in [5.74, 6) is 1.64. The monoisotopic (exact) mass is 282 g/mol. The third-order valence-electron chi connectivity index (χ3n) is 3.49. The molecule has 1 aliphatic heterocycles. The Morgan fingerprint density at radius 2 is 1.95 bits per heavy atom. The Kier molecular flexibility index (Phi) is 5.86. The zero-order valence-electron chi connectivity index (χ0n) is 11.7. The summed E-state index contributed by atoms with van der Waals surface area (Å²) >= 11 is 5.98. The molecule has 2 rings (SSSR count). The maximum Gasteiger partial charge on any atom is 0.134 e. The van der Waals surface area contributed by atoms with E-state index in [4.69, 9.17) is 11.6 Å². The molecule has 0 aliphatic carbocycles. The zero-order chi connectivity index (χ0) is 13.5. The van der Waals surface area contributed by atoms with Gasteiger partial charge in [-0.1, -0.05) is 31.4 Å². The molecular weight excluding hydrogens is 260 g/mol. The van der Waals surface area contributed by atoms with E-state index < -0.39 is 0 Å². The van der Waals surface area contributed by atoms with E-state index >= 15 is 0 Å². The zero-order valence-corrected chi connectivity index (χ0v) is 12.4. The third kappa shape index (κ3) is 4.96. The van der Waals surface area contributed by atoms with Crippen LogP contribution in [0.1, 0.15) is 38.4 Å². The van der Waals surface area contributed by atoms with Gasteiger partial charge in [0.15, 0.2) is 0 Å². The first-order valence-corrected chi connectivity index (χ1v) is 7.65. The van der Waals surface area contributed by atoms with E-state index in [9.17, 15) is 0 Å². The minimum Gasteiger partial charge on any atom is -0.369 e. The van der Waals surface area contributed by atoms with Gasteiger partial charge >= 0.3 is 0 Å². The van der Waals surface area contributed by atoms with Gasteiger partial charge in [0.25, 0.3) is 0 Å². The lowest BCUT2D eigenvalue weighted by atomic mass is 10.2. The van der Waals surface area contributed by atoms with E-state index in [-0.39, 0.29) is 0 Å². The average Bonchev–Trinajstić information content (AvgIpc) is 2.67. The van der Waals surface area contributed by atoms with Gasteiger partial charge in [-0.15, -0.1) is 0 Å². The van der Waals surface area contributed by atoms with E-state index in [1.807, 2.05) is 6.92 Å². The number of hydrogen-bond acceptors (Lipinski definition) is 4. The first-order chi connectivity index (χ1) is 9.28. The van der Waals surface area contributed by atoms with Crippen molar-refractivity contribution in [3.63, 3.8) is 0 Å². The Morgan fingerprint density at radius 1 is 1.21 bits per heavy atom. The highest BCUT2D eigenvalue weighted by Crippen LogP contribution is 2.12. The van der Waals surface area contributed by atoms with Crippen LogP contribution in [0.25, 0.3) is 0 Å². The Morgan fingerprint density at radius 3 is 2.63 bits per heavy atom. The van der Waals surface area contributed by atoms with Crippen molar-refractivity contribution in [1.29, 1.82) is 0 Å². The Hall–Kier alpha value is -0.870. The Balaban J connectivity index is 1.79. The molecule has 1 N–H and O–H groups in total. The topological polar surface area (TPSA) is 41.1 Å². The van der Waals surface area contributed by atoms with E-state index in [0.29, 0.717) is 5.15 Å². The predicted octanol–water partition coefficient (Wildman–Crippen LogP) is 2.98. The van der Waals surface area contributed by atoms with Crippen molar-refractivity contribution >= 4 is 17.4 Å². The molecule has 0 bridgehead atoms. The second-order valence-corrected chi connectivity index (χ2v) is 5.42. The number of nitrogens with one attached hydrogen (secondary N) is 1. The van der Waals surface area contributed by atoms with E-state index in [2.05, 4.69) is 20.2 Å².